The molecule has 1 aliphatic heterocycles. The van der Waals surface area contributed by atoms with Crippen molar-refractivity contribution in [2.24, 2.45) is 11.3 Å². The molecule has 1 saturated heterocycles. The van der Waals surface area contributed by atoms with E-state index >= 15 is 0 Å². The fourth-order valence-corrected chi connectivity index (χ4v) is 2.02. The van der Waals surface area contributed by atoms with E-state index < -0.39 is 0 Å². The molecule has 0 spiro atoms. The number of hydrogen-bond acceptors (Lipinski definition) is 2. The van der Waals surface area contributed by atoms with Gasteiger partial charge in [-0.05, 0) is 24.3 Å². The van der Waals surface area contributed by atoms with E-state index in [1.165, 1.54) is 6.42 Å². The highest BCUT2D eigenvalue weighted by Gasteiger charge is 2.36. The van der Waals surface area contributed by atoms with Gasteiger partial charge in [0.15, 0.2) is 0 Å². The summed E-state index contributed by atoms with van der Waals surface area (Å²) in [5.41, 5.74) is 0.395. The lowest BCUT2D eigenvalue weighted by Crippen LogP contribution is -2.37. The van der Waals surface area contributed by atoms with Crippen molar-refractivity contribution in [2.75, 3.05) is 33.7 Å². The van der Waals surface area contributed by atoms with Gasteiger partial charge in [-0.15, -0.1) is 0 Å². The first-order valence-electron chi connectivity index (χ1n) is 5.77. The number of likely N-dealkylation sites (N-methyl/N-ethyl adjacent to an activating group) is 1. The summed E-state index contributed by atoms with van der Waals surface area (Å²) in [5, 5.41) is 0. The number of rotatable bonds is 3. The van der Waals surface area contributed by atoms with Gasteiger partial charge in [-0.1, -0.05) is 20.8 Å². The standard InChI is InChI=1S/C12H24N2O/c1-10(2)12(3)6-7-14(9-12)8-11(15)13(4)5/h10H,6-9H2,1-5H3/t12-/m1/s1. The SMILES string of the molecule is CC(C)[C@]1(C)CCN(CC(=O)N(C)C)C1. The minimum Gasteiger partial charge on any atom is -0.348 e. The van der Waals surface area contributed by atoms with Crippen molar-refractivity contribution in [1.82, 2.24) is 9.80 Å². The van der Waals surface area contributed by atoms with Gasteiger partial charge in [0.1, 0.15) is 0 Å². The summed E-state index contributed by atoms with van der Waals surface area (Å²) in [6.07, 6.45) is 1.21. The Balaban J connectivity index is 2.47. The summed E-state index contributed by atoms with van der Waals surface area (Å²) in [4.78, 5) is 15.5. The first-order valence-corrected chi connectivity index (χ1v) is 5.77. The Morgan fingerprint density at radius 3 is 2.47 bits per heavy atom. The number of carbonyl (C=O) groups is 1. The predicted molar refractivity (Wildman–Crippen MR) is 62.7 cm³/mol. The van der Waals surface area contributed by atoms with Gasteiger partial charge in [-0.25, -0.2) is 0 Å². The lowest BCUT2D eigenvalue weighted by atomic mass is 9.78. The molecule has 1 amide bonds. The summed E-state index contributed by atoms with van der Waals surface area (Å²) < 4.78 is 0. The van der Waals surface area contributed by atoms with Gasteiger partial charge in [0.25, 0.3) is 0 Å². The highest BCUT2D eigenvalue weighted by molar-refractivity contribution is 5.77. The molecule has 1 rings (SSSR count). The molecule has 1 heterocycles. The fourth-order valence-electron chi connectivity index (χ4n) is 2.02. The second-order valence-electron chi connectivity index (χ2n) is 5.56. The van der Waals surface area contributed by atoms with Crippen LogP contribution in [0.4, 0.5) is 0 Å². The van der Waals surface area contributed by atoms with E-state index in [9.17, 15) is 4.79 Å². The van der Waals surface area contributed by atoms with E-state index in [0.29, 0.717) is 17.9 Å². The number of nitrogens with zero attached hydrogens (tertiary/aromatic N) is 2. The Morgan fingerprint density at radius 2 is 2.07 bits per heavy atom. The Kier molecular flexibility index (Phi) is 3.77. The van der Waals surface area contributed by atoms with Gasteiger partial charge < -0.3 is 4.90 Å². The van der Waals surface area contributed by atoms with Gasteiger partial charge in [0.05, 0.1) is 6.54 Å². The Bertz CT molecular complexity index is 238. The van der Waals surface area contributed by atoms with Crippen molar-refractivity contribution in [3.05, 3.63) is 0 Å². The highest BCUT2D eigenvalue weighted by Crippen LogP contribution is 2.36. The monoisotopic (exact) mass is 212 g/mol. The minimum absolute atomic E-state index is 0.211. The van der Waals surface area contributed by atoms with Gasteiger partial charge >= 0.3 is 0 Å². The Morgan fingerprint density at radius 1 is 1.47 bits per heavy atom. The van der Waals surface area contributed by atoms with Crippen LogP contribution < -0.4 is 0 Å². The van der Waals surface area contributed by atoms with E-state index in [2.05, 4.69) is 25.7 Å². The lowest BCUT2D eigenvalue weighted by molar-refractivity contribution is -0.129. The van der Waals surface area contributed by atoms with Crippen LogP contribution >= 0.6 is 0 Å². The van der Waals surface area contributed by atoms with Crippen molar-refractivity contribution >= 4 is 5.91 Å². The van der Waals surface area contributed by atoms with Crippen molar-refractivity contribution in [2.45, 2.75) is 27.2 Å². The molecule has 0 aromatic carbocycles. The zero-order chi connectivity index (χ0) is 11.6. The molecule has 1 fully saturated rings. The average molecular weight is 212 g/mol. The van der Waals surface area contributed by atoms with Crippen LogP contribution in [-0.2, 0) is 4.79 Å². The van der Waals surface area contributed by atoms with Crippen LogP contribution in [0.25, 0.3) is 0 Å². The number of carbonyl (C=O) groups excluding carboxylic acids is 1. The molecule has 0 radical (unpaired) electrons. The summed E-state index contributed by atoms with van der Waals surface area (Å²) in [7, 11) is 3.64. The molecule has 3 nitrogen and oxygen atoms in total. The Labute approximate surface area is 93.4 Å². The summed E-state index contributed by atoms with van der Waals surface area (Å²) in [6, 6.07) is 0. The van der Waals surface area contributed by atoms with E-state index in [1.807, 2.05) is 14.1 Å². The second-order valence-corrected chi connectivity index (χ2v) is 5.56. The van der Waals surface area contributed by atoms with Crippen molar-refractivity contribution in [1.29, 1.82) is 0 Å². The summed E-state index contributed by atoms with van der Waals surface area (Å²) >= 11 is 0. The zero-order valence-electron chi connectivity index (χ0n) is 10.7. The topological polar surface area (TPSA) is 23.6 Å². The van der Waals surface area contributed by atoms with Gasteiger partial charge in [0, 0.05) is 20.6 Å². The third kappa shape index (κ3) is 2.94. The maximum atomic E-state index is 11.6. The van der Waals surface area contributed by atoms with Crippen molar-refractivity contribution < 1.29 is 4.79 Å². The number of amides is 1. The molecular weight excluding hydrogens is 188 g/mol. The molecule has 0 N–H and O–H groups in total. The zero-order valence-corrected chi connectivity index (χ0v) is 10.7. The molecule has 0 aliphatic carbocycles. The predicted octanol–water partition coefficient (Wildman–Crippen LogP) is 1.44. The van der Waals surface area contributed by atoms with Crippen molar-refractivity contribution in [3.8, 4) is 0 Å². The second kappa shape index (κ2) is 4.52. The van der Waals surface area contributed by atoms with Gasteiger partial charge in [-0.2, -0.15) is 0 Å². The summed E-state index contributed by atoms with van der Waals surface area (Å²) in [6.45, 7) is 9.58. The maximum Gasteiger partial charge on any atom is 0.236 e. The molecule has 15 heavy (non-hydrogen) atoms. The Hall–Kier alpha value is -0.570. The molecule has 1 aliphatic rings. The van der Waals surface area contributed by atoms with Gasteiger partial charge in [-0.3, -0.25) is 9.69 Å². The minimum atomic E-state index is 0.211. The van der Waals surface area contributed by atoms with Crippen LogP contribution in [0.1, 0.15) is 27.2 Å². The van der Waals surface area contributed by atoms with E-state index in [4.69, 9.17) is 0 Å². The molecule has 3 heteroatoms. The molecule has 1 atom stereocenters. The quantitative estimate of drug-likeness (QED) is 0.707. The number of hydrogen-bond donors (Lipinski definition) is 0. The van der Waals surface area contributed by atoms with Crippen LogP contribution in [-0.4, -0.2) is 49.4 Å². The maximum absolute atomic E-state index is 11.6. The first-order chi connectivity index (χ1) is 6.85. The average Bonchev–Trinajstić information content (AvgIpc) is 2.48. The molecular formula is C12H24N2O. The summed E-state index contributed by atoms with van der Waals surface area (Å²) in [5.74, 6) is 0.903. The normalized spacial score (nSPS) is 27.3. The molecule has 0 bridgehead atoms. The largest absolute Gasteiger partial charge is 0.348 e. The molecule has 0 unspecified atom stereocenters. The van der Waals surface area contributed by atoms with Crippen molar-refractivity contribution in [3.63, 3.8) is 0 Å². The third-order valence-corrected chi connectivity index (χ3v) is 3.84. The van der Waals surface area contributed by atoms with Crippen LogP contribution in [0.3, 0.4) is 0 Å². The third-order valence-electron chi connectivity index (χ3n) is 3.84. The molecule has 0 saturated carbocycles. The number of likely N-dealkylation sites (tertiary alicyclic amines) is 1. The molecule has 0 aromatic rings. The van der Waals surface area contributed by atoms with Crippen LogP contribution in [0.5, 0.6) is 0 Å². The lowest BCUT2D eigenvalue weighted by Gasteiger charge is -2.29. The molecule has 0 aromatic heterocycles. The van der Waals surface area contributed by atoms with E-state index in [0.717, 1.165) is 13.1 Å². The van der Waals surface area contributed by atoms with Crippen LogP contribution in [0.15, 0.2) is 0 Å². The highest BCUT2D eigenvalue weighted by atomic mass is 16.2. The van der Waals surface area contributed by atoms with Crippen LogP contribution in [0, 0.1) is 11.3 Å². The molecule has 88 valence electrons. The van der Waals surface area contributed by atoms with E-state index in [1.54, 1.807) is 4.90 Å². The van der Waals surface area contributed by atoms with Crippen LogP contribution in [0.2, 0.25) is 0 Å². The fraction of sp³-hybridized carbons (Fsp3) is 0.917. The van der Waals surface area contributed by atoms with Gasteiger partial charge in [0.2, 0.25) is 5.91 Å². The smallest absolute Gasteiger partial charge is 0.236 e. The first kappa shape index (κ1) is 12.5. The van der Waals surface area contributed by atoms with E-state index in [-0.39, 0.29) is 5.91 Å².